The van der Waals surface area contributed by atoms with Crippen LogP contribution in [0.1, 0.15) is 53.0 Å². The highest BCUT2D eigenvalue weighted by molar-refractivity contribution is 7.17. The highest BCUT2D eigenvalue weighted by Crippen LogP contribution is 2.28. The fraction of sp³-hybridized carbons (Fsp3) is 0.571. The second-order valence-electron chi connectivity index (χ2n) is 7.77. The minimum absolute atomic E-state index is 0.0722. The van der Waals surface area contributed by atoms with E-state index >= 15 is 0 Å². The first-order chi connectivity index (χ1) is 13.7. The van der Waals surface area contributed by atoms with E-state index in [0.29, 0.717) is 11.4 Å². The summed E-state index contributed by atoms with van der Waals surface area (Å²) in [7, 11) is 0. The molecule has 0 saturated carbocycles. The molecule has 0 atom stereocenters. The first-order valence-electron chi connectivity index (χ1n) is 10.3. The molecule has 2 aliphatic heterocycles. The average Bonchev–Trinajstić information content (AvgIpc) is 3.24. The van der Waals surface area contributed by atoms with Crippen LogP contribution in [0.5, 0.6) is 0 Å². The molecule has 2 fully saturated rings. The fourth-order valence-corrected chi connectivity index (χ4v) is 5.06. The predicted octanol–water partition coefficient (Wildman–Crippen LogP) is 3.23. The molecule has 0 unspecified atom stereocenters. The summed E-state index contributed by atoms with van der Waals surface area (Å²) in [6.45, 7) is 7.04. The molecule has 1 amide bonds. The van der Waals surface area contributed by atoms with E-state index in [1.165, 1.54) is 56.5 Å². The second-order valence-corrected chi connectivity index (χ2v) is 8.78. The lowest BCUT2D eigenvalue weighted by Gasteiger charge is -2.40. The van der Waals surface area contributed by atoms with Crippen LogP contribution in [0.4, 0.5) is 5.13 Å². The number of nitrogens with one attached hydrogen (secondary N) is 1. The van der Waals surface area contributed by atoms with Gasteiger partial charge in [-0.2, -0.15) is 0 Å². The fourth-order valence-electron chi connectivity index (χ4n) is 4.18. The number of piperidine rings is 2. The Balaban J connectivity index is 1.29. The van der Waals surface area contributed by atoms with Crippen molar-refractivity contribution >= 4 is 22.4 Å². The first-order valence-corrected chi connectivity index (χ1v) is 11.2. The van der Waals surface area contributed by atoms with Gasteiger partial charge >= 0.3 is 0 Å². The van der Waals surface area contributed by atoms with Gasteiger partial charge in [-0.15, -0.1) is 0 Å². The molecule has 0 aromatic carbocycles. The van der Waals surface area contributed by atoms with E-state index in [1.807, 2.05) is 19.1 Å². The van der Waals surface area contributed by atoms with Gasteiger partial charge in [-0.1, -0.05) is 23.8 Å². The normalized spacial score (nSPS) is 19.0. The number of anilines is 1. The molecule has 0 spiro atoms. The highest BCUT2D eigenvalue weighted by atomic mass is 32.1. The standard InChI is InChI=1S/C21H29N5OS/c1-16-6-5-9-22-18(16)14-23-20(27)19-15-24-21(28-19)26-12-7-17(8-13-26)25-10-3-2-4-11-25/h5-6,9,15,17H,2-4,7-8,10-14H2,1H3,(H,23,27). The topological polar surface area (TPSA) is 61.4 Å². The predicted molar refractivity (Wildman–Crippen MR) is 113 cm³/mol. The molecular formula is C21H29N5OS. The molecule has 6 nitrogen and oxygen atoms in total. The van der Waals surface area contributed by atoms with Crippen LogP contribution < -0.4 is 10.2 Å². The maximum atomic E-state index is 12.5. The number of aryl methyl sites for hydroxylation is 1. The molecule has 150 valence electrons. The van der Waals surface area contributed by atoms with Gasteiger partial charge < -0.3 is 15.1 Å². The number of hydrogen-bond acceptors (Lipinski definition) is 6. The van der Waals surface area contributed by atoms with Crippen LogP contribution in [-0.2, 0) is 6.54 Å². The van der Waals surface area contributed by atoms with Crippen LogP contribution >= 0.6 is 11.3 Å². The van der Waals surface area contributed by atoms with Crippen LogP contribution in [0.2, 0.25) is 0 Å². The van der Waals surface area contributed by atoms with Crippen LogP contribution in [0.25, 0.3) is 0 Å². The molecule has 1 N–H and O–H groups in total. The highest BCUT2D eigenvalue weighted by Gasteiger charge is 2.27. The van der Waals surface area contributed by atoms with E-state index in [2.05, 4.69) is 25.1 Å². The molecule has 4 rings (SSSR count). The lowest BCUT2D eigenvalue weighted by molar-refractivity contribution is 0.0954. The zero-order valence-electron chi connectivity index (χ0n) is 16.6. The Kier molecular flexibility index (Phi) is 6.22. The number of hydrogen-bond donors (Lipinski definition) is 1. The Labute approximate surface area is 171 Å². The van der Waals surface area contributed by atoms with Crippen molar-refractivity contribution in [3.05, 3.63) is 40.7 Å². The van der Waals surface area contributed by atoms with Crippen LogP contribution in [0.15, 0.2) is 24.5 Å². The van der Waals surface area contributed by atoms with E-state index in [9.17, 15) is 4.79 Å². The van der Waals surface area contributed by atoms with Crippen molar-refractivity contribution in [2.24, 2.45) is 0 Å². The molecule has 2 aromatic rings. The van der Waals surface area contributed by atoms with E-state index in [0.717, 1.165) is 35.5 Å². The van der Waals surface area contributed by atoms with Crippen LogP contribution in [0.3, 0.4) is 0 Å². The third-order valence-electron chi connectivity index (χ3n) is 5.89. The number of nitrogens with zero attached hydrogens (tertiary/aromatic N) is 4. The van der Waals surface area contributed by atoms with Crippen molar-refractivity contribution in [3.8, 4) is 0 Å². The van der Waals surface area contributed by atoms with Gasteiger partial charge in [0, 0.05) is 25.3 Å². The molecule has 0 radical (unpaired) electrons. The van der Waals surface area contributed by atoms with Gasteiger partial charge in [0.1, 0.15) is 4.88 Å². The largest absolute Gasteiger partial charge is 0.348 e. The van der Waals surface area contributed by atoms with Crippen LogP contribution in [-0.4, -0.2) is 53.0 Å². The SMILES string of the molecule is Cc1cccnc1CNC(=O)c1cnc(N2CCC(N3CCCCC3)CC2)s1. The summed E-state index contributed by atoms with van der Waals surface area (Å²) >= 11 is 1.49. The number of carbonyl (C=O) groups is 1. The van der Waals surface area contributed by atoms with Crippen molar-refractivity contribution in [3.63, 3.8) is 0 Å². The summed E-state index contributed by atoms with van der Waals surface area (Å²) in [4.78, 5) is 27.0. The lowest BCUT2D eigenvalue weighted by atomic mass is 10.0. The summed E-state index contributed by atoms with van der Waals surface area (Å²) in [5.41, 5.74) is 1.99. The average molecular weight is 400 g/mol. The maximum Gasteiger partial charge on any atom is 0.263 e. The minimum Gasteiger partial charge on any atom is -0.348 e. The monoisotopic (exact) mass is 399 g/mol. The van der Waals surface area contributed by atoms with E-state index < -0.39 is 0 Å². The number of pyridine rings is 1. The Bertz CT molecular complexity index is 794. The zero-order valence-corrected chi connectivity index (χ0v) is 17.4. The summed E-state index contributed by atoms with van der Waals surface area (Å²) in [6.07, 6.45) is 9.94. The second kappa shape index (κ2) is 9.01. The van der Waals surface area contributed by atoms with Gasteiger partial charge in [-0.3, -0.25) is 9.78 Å². The summed E-state index contributed by atoms with van der Waals surface area (Å²) in [6, 6.07) is 4.64. The summed E-state index contributed by atoms with van der Waals surface area (Å²) < 4.78 is 0. The third-order valence-corrected chi connectivity index (χ3v) is 6.95. The Morgan fingerprint density at radius 3 is 2.71 bits per heavy atom. The molecule has 2 saturated heterocycles. The molecule has 4 heterocycles. The number of likely N-dealkylation sites (tertiary alicyclic amines) is 1. The van der Waals surface area contributed by atoms with Gasteiger partial charge in [0.15, 0.2) is 5.13 Å². The van der Waals surface area contributed by atoms with E-state index in [1.54, 1.807) is 12.4 Å². The van der Waals surface area contributed by atoms with Gasteiger partial charge in [0.2, 0.25) is 0 Å². The number of carbonyl (C=O) groups excluding carboxylic acids is 1. The van der Waals surface area contributed by atoms with Crippen molar-refractivity contribution in [2.75, 3.05) is 31.1 Å². The van der Waals surface area contributed by atoms with Gasteiger partial charge in [0.05, 0.1) is 18.4 Å². The Hall–Kier alpha value is -1.99. The van der Waals surface area contributed by atoms with Gasteiger partial charge in [0.25, 0.3) is 5.91 Å². The molecule has 2 aliphatic rings. The smallest absolute Gasteiger partial charge is 0.263 e. The van der Waals surface area contributed by atoms with Gasteiger partial charge in [-0.05, 0) is 57.3 Å². The van der Waals surface area contributed by atoms with Gasteiger partial charge in [-0.25, -0.2) is 4.98 Å². The lowest BCUT2D eigenvalue weighted by Crippen LogP contribution is -2.46. The van der Waals surface area contributed by atoms with Crippen LogP contribution in [0, 0.1) is 6.92 Å². The van der Waals surface area contributed by atoms with E-state index in [4.69, 9.17) is 0 Å². The van der Waals surface area contributed by atoms with Crippen molar-refractivity contribution in [2.45, 2.75) is 51.6 Å². The summed E-state index contributed by atoms with van der Waals surface area (Å²) in [5.74, 6) is -0.0722. The first kappa shape index (κ1) is 19.3. The minimum atomic E-state index is -0.0722. The maximum absolute atomic E-state index is 12.5. The number of thiazole rings is 1. The van der Waals surface area contributed by atoms with E-state index in [-0.39, 0.29) is 5.91 Å². The van der Waals surface area contributed by atoms with Crippen molar-refractivity contribution in [1.82, 2.24) is 20.2 Å². The molecule has 0 bridgehead atoms. The quantitative estimate of drug-likeness (QED) is 0.836. The molecule has 0 aliphatic carbocycles. The Morgan fingerprint density at radius 1 is 1.18 bits per heavy atom. The summed E-state index contributed by atoms with van der Waals surface area (Å²) in [5, 5.41) is 3.93. The molecular weight excluding hydrogens is 370 g/mol. The Morgan fingerprint density at radius 2 is 1.96 bits per heavy atom. The zero-order chi connectivity index (χ0) is 19.3. The van der Waals surface area contributed by atoms with Crippen molar-refractivity contribution in [1.29, 1.82) is 0 Å². The number of aromatic nitrogens is 2. The molecule has 28 heavy (non-hydrogen) atoms. The third kappa shape index (κ3) is 4.52. The number of rotatable bonds is 5. The molecule has 7 heteroatoms. The van der Waals surface area contributed by atoms with Crippen molar-refractivity contribution < 1.29 is 4.79 Å². The number of amides is 1. The molecule has 2 aromatic heterocycles.